The summed E-state index contributed by atoms with van der Waals surface area (Å²) in [4.78, 5) is 26.6. The molecule has 0 saturated carbocycles. The molecule has 0 bridgehead atoms. The Hall–Kier alpha value is 0.325. The van der Waals surface area contributed by atoms with Crippen LogP contribution in [0.4, 0.5) is 0 Å². The lowest BCUT2D eigenvalue weighted by atomic mass is 10.5. The summed E-state index contributed by atoms with van der Waals surface area (Å²) < 4.78 is 26.2. The molecule has 0 radical (unpaired) electrons. The molecule has 2 unspecified atom stereocenters. The maximum absolute atomic E-state index is 11.2. The van der Waals surface area contributed by atoms with Gasteiger partial charge >= 0.3 is 15.2 Å². The first kappa shape index (κ1) is 13.3. The van der Waals surface area contributed by atoms with Crippen molar-refractivity contribution in [3.05, 3.63) is 0 Å². The van der Waals surface area contributed by atoms with Gasteiger partial charge in [-0.3, -0.25) is 9.13 Å². The van der Waals surface area contributed by atoms with Gasteiger partial charge in [0.25, 0.3) is 8.05 Å². The predicted octanol–water partition coefficient (Wildman–Crippen LogP) is -1.06. The van der Waals surface area contributed by atoms with Gasteiger partial charge in [-0.25, -0.2) is 0 Å². The summed E-state index contributed by atoms with van der Waals surface area (Å²) in [6.07, 6.45) is -0.362. The topological polar surface area (TPSA) is 130 Å². The number of nitrogens with two attached hydrogens (primary N) is 1. The van der Waals surface area contributed by atoms with Gasteiger partial charge in [0.15, 0.2) is 0 Å². The zero-order valence-corrected chi connectivity index (χ0v) is 9.03. The van der Waals surface area contributed by atoms with Crippen molar-refractivity contribution in [3.63, 3.8) is 0 Å². The third kappa shape index (κ3) is 2.22. The van der Waals surface area contributed by atoms with Crippen molar-refractivity contribution in [2.45, 2.75) is 18.4 Å². The standard InChI is InChI=1S/C3H12BNO6P2/c1-2-3(5,12(6,7)8)13(9,10)11-4/h2,4-5H2,1H3,(H,9,10)(H2,6,7,8). The van der Waals surface area contributed by atoms with Crippen molar-refractivity contribution >= 4 is 23.2 Å². The van der Waals surface area contributed by atoms with Crippen LogP contribution in [0.5, 0.6) is 0 Å². The zero-order valence-electron chi connectivity index (χ0n) is 7.25. The van der Waals surface area contributed by atoms with E-state index in [-0.39, 0.29) is 6.42 Å². The molecule has 0 rings (SSSR count). The summed E-state index contributed by atoms with van der Waals surface area (Å²) in [5, 5.41) is -2.52. The Morgan fingerprint density at radius 2 is 1.85 bits per heavy atom. The summed E-state index contributed by atoms with van der Waals surface area (Å²) >= 11 is 0. The molecule has 7 nitrogen and oxygen atoms in total. The van der Waals surface area contributed by atoms with Crippen molar-refractivity contribution in [2.24, 2.45) is 5.73 Å². The van der Waals surface area contributed by atoms with Gasteiger partial charge in [0, 0.05) is 0 Å². The van der Waals surface area contributed by atoms with E-state index in [1.165, 1.54) is 6.92 Å². The van der Waals surface area contributed by atoms with E-state index in [0.717, 1.165) is 8.05 Å². The molecule has 0 aromatic carbocycles. The summed E-state index contributed by atoms with van der Waals surface area (Å²) in [5.41, 5.74) is 5.16. The molecule has 0 fully saturated rings. The van der Waals surface area contributed by atoms with E-state index < -0.39 is 20.2 Å². The minimum absolute atomic E-state index is 0.362. The van der Waals surface area contributed by atoms with Crippen molar-refractivity contribution in [2.75, 3.05) is 0 Å². The molecular weight excluding hydrogens is 219 g/mol. The Balaban J connectivity index is 5.33. The SMILES string of the molecule is BOP(=O)(O)C(N)(CC)P(=O)(O)O. The van der Waals surface area contributed by atoms with Crippen LogP contribution in [-0.2, 0) is 13.6 Å². The maximum Gasteiger partial charge on any atom is 0.357 e. The Morgan fingerprint density at radius 3 is 1.92 bits per heavy atom. The average molecular weight is 231 g/mol. The summed E-state index contributed by atoms with van der Waals surface area (Å²) in [7, 11) is -8.52. The third-order valence-corrected chi connectivity index (χ3v) is 6.42. The normalized spacial score (nSPS) is 21.9. The highest BCUT2D eigenvalue weighted by atomic mass is 31.2. The van der Waals surface area contributed by atoms with Crippen LogP contribution < -0.4 is 5.73 Å². The molecule has 0 aliphatic carbocycles. The Kier molecular flexibility index (Phi) is 3.92. The molecule has 0 heterocycles. The van der Waals surface area contributed by atoms with Crippen LogP contribution in [0, 0.1) is 0 Å². The van der Waals surface area contributed by atoms with E-state index in [0.29, 0.717) is 0 Å². The molecular formula is C3H12BNO6P2. The van der Waals surface area contributed by atoms with Gasteiger partial charge in [0.2, 0.25) is 5.02 Å². The number of rotatable bonds is 4. The quantitative estimate of drug-likeness (QED) is 0.358. The molecule has 0 spiro atoms. The van der Waals surface area contributed by atoms with E-state index in [2.05, 4.69) is 4.44 Å². The monoisotopic (exact) mass is 231 g/mol. The second-order valence-electron chi connectivity index (χ2n) is 2.48. The van der Waals surface area contributed by atoms with Gasteiger partial charge in [0.1, 0.15) is 0 Å². The van der Waals surface area contributed by atoms with Gasteiger partial charge in [-0.1, -0.05) is 6.92 Å². The molecule has 5 N–H and O–H groups in total. The molecule has 0 aromatic rings. The van der Waals surface area contributed by atoms with Crippen LogP contribution >= 0.6 is 15.2 Å². The lowest BCUT2D eigenvalue weighted by Crippen LogP contribution is -2.39. The molecule has 10 heteroatoms. The van der Waals surface area contributed by atoms with E-state index in [1.54, 1.807) is 0 Å². The minimum Gasteiger partial charge on any atom is -0.378 e. The second-order valence-corrected chi connectivity index (χ2v) is 6.92. The predicted molar refractivity (Wildman–Crippen MR) is 48.7 cm³/mol. The van der Waals surface area contributed by atoms with Gasteiger partial charge in [-0.2, -0.15) is 0 Å². The van der Waals surface area contributed by atoms with Crippen molar-refractivity contribution in [1.29, 1.82) is 0 Å². The van der Waals surface area contributed by atoms with Crippen LogP contribution in [0.1, 0.15) is 13.3 Å². The highest BCUT2D eigenvalue weighted by Gasteiger charge is 2.56. The van der Waals surface area contributed by atoms with Crippen molar-refractivity contribution < 1.29 is 28.3 Å². The highest BCUT2D eigenvalue weighted by Crippen LogP contribution is 2.69. The zero-order chi connectivity index (χ0) is 10.9. The molecule has 2 atom stereocenters. The molecule has 0 aliphatic heterocycles. The third-order valence-electron chi connectivity index (χ3n) is 1.76. The first-order valence-electron chi connectivity index (χ1n) is 3.35. The first-order valence-corrected chi connectivity index (χ1v) is 6.54. The highest BCUT2D eigenvalue weighted by molar-refractivity contribution is 7.73. The lowest BCUT2D eigenvalue weighted by Gasteiger charge is -2.31. The first-order chi connectivity index (χ1) is 5.62. The van der Waals surface area contributed by atoms with Gasteiger partial charge in [-0.15, -0.1) is 0 Å². The van der Waals surface area contributed by atoms with Gasteiger partial charge in [0.05, 0.1) is 0 Å². The average Bonchev–Trinajstić information content (AvgIpc) is 2.00. The Bertz CT molecular complexity index is 277. The maximum atomic E-state index is 11.2. The molecule has 13 heavy (non-hydrogen) atoms. The molecule has 0 saturated heterocycles. The lowest BCUT2D eigenvalue weighted by molar-refractivity contribution is 0.314. The molecule has 78 valence electrons. The summed E-state index contributed by atoms with van der Waals surface area (Å²) in [5.74, 6) is 0. The fourth-order valence-corrected chi connectivity index (χ4v) is 3.42. The van der Waals surface area contributed by atoms with E-state index in [9.17, 15) is 9.13 Å². The minimum atomic E-state index is -4.89. The van der Waals surface area contributed by atoms with Crippen LogP contribution in [0.2, 0.25) is 0 Å². The fraction of sp³-hybridized carbons (Fsp3) is 1.00. The number of hydrogen-bond acceptors (Lipinski definition) is 4. The molecule has 0 aliphatic rings. The summed E-state index contributed by atoms with van der Waals surface area (Å²) in [6, 6.07) is 0. The van der Waals surface area contributed by atoms with Crippen LogP contribution in [0.25, 0.3) is 0 Å². The largest absolute Gasteiger partial charge is 0.378 e. The Labute approximate surface area is 76.4 Å². The number of hydrogen-bond donors (Lipinski definition) is 4. The van der Waals surface area contributed by atoms with E-state index in [4.69, 9.17) is 20.4 Å². The van der Waals surface area contributed by atoms with Crippen molar-refractivity contribution in [3.8, 4) is 0 Å². The van der Waals surface area contributed by atoms with Crippen LogP contribution in [0.3, 0.4) is 0 Å². The fourth-order valence-electron chi connectivity index (χ4n) is 0.728. The van der Waals surface area contributed by atoms with Crippen molar-refractivity contribution in [1.82, 2.24) is 0 Å². The van der Waals surface area contributed by atoms with E-state index in [1.807, 2.05) is 0 Å². The van der Waals surface area contributed by atoms with E-state index >= 15 is 0 Å². The summed E-state index contributed by atoms with van der Waals surface area (Å²) in [6.45, 7) is 1.29. The van der Waals surface area contributed by atoms with Gasteiger partial charge < -0.3 is 24.9 Å². The van der Waals surface area contributed by atoms with Crippen LogP contribution in [0.15, 0.2) is 0 Å². The smallest absolute Gasteiger partial charge is 0.357 e. The van der Waals surface area contributed by atoms with Crippen LogP contribution in [-0.4, -0.2) is 27.8 Å². The Morgan fingerprint density at radius 1 is 1.46 bits per heavy atom. The molecule has 0 aromatic heterocycles. The molecule has 0 amide bonds. The second kappa shape index (κ2) is 3.83. The van der Waals surface area contributed by atoms with Gasteiger partial charge in [-0.05, 0) is 6.42 Å².